The van der Waals surface area contributed by atoms with Crippen LogP contribution in [-0.4, -0.2) is 47.1 Å². The van der Waals surface area contributed by atoms with Gasteiger partial charge in [0, 0.05) is 36.8 Å². The normalized spacial score (nSPS) is 26.2. The maximum Gasteiger partial charge on any atom is 0.126 e. The van der Waals surface area contributed by atoms with Crippen LogP contribution in [0.15, 0.2) is 18.2 Å². The molecule has 2 unspecified atom stereocenters. The van der Waals surface area contributed by atoms with Gasteiger partial charge in [-0.2, -0.15) is 0 Å². The molecule has 1 N–H and O–H groups in total. The van der Waals surface area contributed by atoms with Crippen LogP contribution in [-0.2, 0) is 0 Å². The van der Waals surface area contributed by atoms with Gasteiger partial charge in [0.25, 0.3) is 0 Å². The highest BCUT2D eigenvalue weighted by Gasteiger charge is 2.31. The van der Waals surface area contributed by atoms with Crippen LogP contribution in [0, 0.1) is 5.82 Å². The molecule has 2 aliphatic heterocycles. The molecule has 3 nitrogen and oxygen atoms in total. The molecule has 0 saturated carbocycles. The molecule has 1 aromatic carbocycles. The van der Waals surface area contributed by atoms with Gasteiger partial charge < -0.3 is 5.11 Å². The Bertz CT molecular complexity index is 480. The van der Waals surface area contributed by atoms with E-state index in [1.807, 2.05) is 0 Å². The van der Waals surface area contributed by atoms with Gasteiger partial charge in [-0.3, -0.25) is 9.80 Å². The number of rotatable bonds is 2. The minimum absolute atomic E-state index is 0.0741. The molecule has 1 aromatic rings. The van der Waals surface area contributed by atoms with E-state index in [9.17, 15) is 9.50 Å². The van der Waals surface area contributed by atoms with Gasteiger partial charge in [0.2, 0.25) is 0 Å². The summed E-state index contributed by atoms with van der Waals surface area (Å²) in [4.78, 5) is 5.03. The zero-order chi connectivity index (χ0) is 14.1. The molecule has 110 valence electrons. The number of phenols is 1. The third kappa shape index (κ3) is 2.67. The van der Waals surface area contributed by atoms with Gasteiger partial charge in [0.15, 0.2) is 0 Å². The lowest BCUT2D eigenvalue weighted by molar-refractivity contribution is 0.180. The van der Waals surface area contributed by atoms with Crippen LogP contribution in [0.25, 0.3) is 0 Å². The van der Waals surface area contributed by atoms with E-state index in [0.29, 0.717) is 6.04 Å². The number of aromatic hydroxyl groups is 1. The van der Waals surface area contributed by atoms with Crippen molar-refractivity contribution in [1.29, 1.82) is 0 Å². The van der Waals surface area contributed by atoms with E-state index in [-0.39, 0.29) is 17.6 Å². The molecule has 4 heteroatoms. The lowest BCUT2D eigenvalue weighted by Gasteiger charge is -2.31. The van der Waals surface area contributed by atoms with Crippen LogP contribution in [0.4, 0.5) is 4.39 Å². The fourth-order valence-corrected chi connectivity index (χ4v) is 3.65. The number of halogens is 1. The first-order valence-corrected chi connectivity index (χ1v) is 7.61. The third-order valence-electron chi connectivity index (χ3n) is 4.83. The lowest BCUT2D eigenvalue weighted by Crippen LogP contribution is -2.37. The van der Waals surface area contributed by atoms with E-state index >= 15 is 0 Å². The van der Waals surface area contributed by atoms with Crippen molar-refractivity contribution in [2.24, 2.45) is 0 Å². The van der Waals surface area contributed by atoms with E-state index in [1.54, 1.807) is 6.07 Å². The van der Waals surface area contributed by atoms with Crippen molar-refractivity contribution in [1.82, 2.24) is 9.80 Å². The van der Waals surface area contributed by atoms with Crippen LogP contribution in [0.5, 0.6) is 5.75 Å². The molecule has 2 heterocycles. The average molecular weight is 278 g/mol. The first-order valence-electron chi connectivity index (χ1n) is 7.61. The first-order chi connectivity index (χ1) is 9.65. The Morgan fingerprint density at radius 2 is 2.05 bits per heavy atom. The van der Waals surface area contributed by atoms with Crippen molar-refractivity contribution in [2.75, 3.05) is 26.2 Å². The van der Waals surface area contributed by atoms with Crippen LogP contribution in [0.2, 0.25) is 0 Å². The summed E-state index contributed by atoms with van der Waals surface area (Å²) < 4.78 is 13.1. The van der Waals surface area contributed by atoms with Crippen LogP contribution in [0.3, 0.4) is 0 Å². The van der Waals surface area contributed by atoms with Gasteiger partial charge in [-0.25, -0.2) is 4.39 Å². The third-order valence-corrected chi connectivity index (χ3v) is 4.83. The maximum atomic E-state index is 13.1. The molecule has 0 radical (unpaired) electrons. The summed E-state index contributed by atoms with van der Waals surface area (Å²) in [5, 5.41) is 9.97. The zero-order valence-electron chi connectivity index (χ0n) is 12.1. The Labute approximate surface area is 120 Å². The molecular weight excluding hydrogens is 255 g/mol. The molecule has 2 aliphatic rings. The number of hydrogen-bond acceptors (Lipinski definition) is 3. The molecule has 20 heavy (non-hydrogen) atoms. The average Bonchev–Trinajstić information content (AvgIpc) is 2.75. The molecule has 2 fully saturated rings. The molecule has 2 saturated heterocycles. The van der Waals surface area contributed by atoms with Gasteiger partial charge in [-0.15, -0.1) is 0 Å². The van der Waals surface area contributed by atoms with Crippen molar-refractivity contribution < 1.29 is 9.50 Å². The summed E-state index contributed by atoms with van der Waals surface area (Å²) in [5.41, 5.74) is 0.831. The molecule has 0 bridgehead atoms. The largest absolute Gasteiger partial charge is 0.508 e. The van der Waals surface area contributed by atoms with E-state index in [1.165, 1.54) is 44.5 Å². The van der Waals surface area contributed by atoms with E-state index in [4.69, 9.17) is 0 Å². The SMILES string of the molecule is CC(c1ccc(F)cc1O)N1CCCN2CCCC2C1. The van der Waals surface area contributed by atoms with E-state index < -0.39 is 0 Å². The summed E-state index contributed by atoms with van der Waals surface area (Å²) in [6.45, 7) is 6.62. The van der Waals surface area contributed by atoms with Crippen molar-refractivity contribution in [3.8, 4) is 5.75 Å². The highest BCUT2D eigenvalue weighted by molar-refractivity contribution is 5.35. The maximum absolute atomic E-state index is 13.1. The van der Waals surface area contributed by atoms with Crippen molar-refractivity contribution >= 4 is 0 Å². The number of hydrogen-bond donors (Lipinski definition) is 1. The second-order valence-electron chi connectivity index (χ2n) is 6.06. The highest BCUT2D eigenvalue weighted by atomic mass is 19.1. The fourth-order valence-electron chi connectivity index (χ4n) is 3.65. The van der Waals surface area contributed by atoms with Gasteiger partial charge in [0.05, 0.1) is 0 Å². The Kier molecular flexibility index (Phi) is 3.94. The smallest absolute Gasteiger partial charge is 0.126 e. The lowest BCUT2D eigenvalue weighted by atomic mass is 10.0. The van der Waals surface area contributed by atoms with Gasteiger partial charge in [0.1, 0.15) is 11.6 Å². The standard InChI is InChI=1S/C16H23FN2O/c1-12(15-6-5-13(17)10-16(15)20)19-9-3-8-18-7-2-4-14(18)11-19/h5-6,10,12,14,20H,2-4,7-9,11H2,1H3. The van der Waals surface area contributed by atoms with Crippen LogP contribution < -0.4 is 0 Å². The van der Waals surface area contributed by atoms with Crippen molar-refractivity contribution in [2.45, 2.75) is 38.3 Å². The van der Waals surface area contributed by atoms with Gasteiger partial charge in [-0.05, 0) is 45.3 Å². The quantitative estimate of drug-likeness (QED) is 0.901. The van der Waals surface area contributed by atoms with Gasteiger partial charge in [-0.1, -0.05) is 6.07 Å². The number of nitrogens with zero attached hydrogens (tertiary/aromatic N) is 2. The second-order valence-corrected chi connectivity index (χ2v) is 6.06. The molecule has 0 aliphatic carbocycles. The fraction of sp³-hybridized carbons (Fsp3) is 0.625. The molecule has 3 rings (SSSR count). The first kappa shape index (κ1) is 13.8. The van der Waals surface area contributed by atoms with Gasteiger partial charge >= 0.3 is 0 Å². The Balaban J connectivity index is 1.77. The van der Waals surface area contributed by atoms with Crippen molar-refractivity contribution in [3.05, 3.63) is 29.6 Å². The summed E-state index contributed by atoms with van der Waals surface area (Å²) in [5.74, 6) is -0.304. The van der Waals surface area contributed by atoms with E-state index in [0.717, 1.165) is 18.7 Å². The van der Waals surface area contributed by atoms with Crippen molar-refractivity contribution in [3.63, 3.8) is 0 Å². The molecule has 2 atom stereocenters. The zero-order valence-corrected chi connectivity index (χ0v) is 12.1. The number of benzene rings is 1. The second kappa shape index (κ2) is 5.70. The van der Waals surface area contributed by atoms with E-state index in [2.05, 4.69) is 16.7 Å². The topological polar surface area (TPSA) is 26.7 Å². The summed E-state index contributed by atoms with van der Waals surface area (Å²) >= 11 is 0. The summed E-state index contributed by atoms with van der Waals surface area (Å²) in [7, 11) is 0. The number of fused-ring (bicyclic) bond motifs is 1. The highest BCUT2D eigenvalue weighted by Crippen LogP contribution is 2.31. The summed E-state index contributed by atoms with van der Waals surface area (Å²) in [6.07, 6.45) is 3.75. The predicted molar refractivity (Wildman–Crippen MR) is 77.3 cm³/mol. The molecular formula is C16H23FN2O. The Hall–Kier alpha value is -1.13. The monoisotopic (exact) mass is 278 g/mol. The molecule has 0 spiro atoms. The Morgan fingerprint density at radius 3 is 2.85 bits per heavy atom. The molecule has 0 amide bonds. The number of phenolic OH excluding ortho intramolecular Hbond substituents is 1. The summed E-state index contributed by atoms with van der Waals surface area (Å²) in [6, 6.07) is 5.15. The van der Waals surface area contributed by atoms with Crippen LogP contribution >= 0.6 is 0 Å². The minimum atomic E-state index is -0.378. The predicted octanol–water partition coefficient (Wildman–Crippen LogP) is 2.76. The van der Waals surface area contributed by atoms with Crippen LogP contribution in [0.1, 0.15) is 37.8 Å². The minimum Gasteiger partial charge on any atom is -0.508 e. The molecule has 0 aromatic heterocycles. The Morgan fingerprint density at radius 1 is 1.25 bits per heavy atom.